The van der Waals surface area contributed by atoms with E-state index in [4.69, 9.17) is 11.2 Å². The Balaban J connectivity index is 1.85. The molecule has 0 radical (unpaired) electrons. The highest BCUT2D eigenvalue weighted by Crippen LogP contribution is 2.32. The van der Waals surface area contributed by atoms with Crippen molar-refractivity contribution in [1.29, 1.82) is 0 Å². The highest BCUT2D eigenvalue weighted by Gasteiger charge is 2.18. The van der Waals surface area contributed by atoms with Crippen LogP contribution in [0.2, 0.25) is 0 Å². The molecule has 4 rings (SSSR count). The summed E-state index contributed by atoms with van der Waals surface area (Å²) in [4.78, 5) is 3.30. The van der Waals surface area contributed by atoms with E-state index in [1.165, 1.54) is 11.8 Å². The predicted molar refractivity (Wildman–Crippen MR) is 109 cm³/mol. The number of H-pyrrole nitrogens is 1. The van der Waals surface area contributed by atoms with Crippen molar-refractivity contribution in [2.75, 3.05) is 12.4 Å². The molecule has 0 atom stereocenters. The summed E-state index contributed by atoms with van der Waals surface area (Å²) < 4.78 is 7.59. The molecule has 6 heteroatoms. The number of hydrogen-bond donors (Lipinski definition) is 1. The molecule has 5 nitrogen and oxygen atoms in total. The number of aromatic amines is 1. The molecule has 0 unspecified atom stereocenters. The van der Waals surface area contributed by atoms with Crippen LogP contribution < -0.4 is 4.74 Å². The lowest BCUT2D eigenvalue weighted by Gasteiger charge is -2.10. The number of nitrogens with one attached hydrogen (secondary N) is 1. The van der Waals surface area contributed by atoms with E-state index in [2.05, 4.69) is 27.2 Å². The molecule has 0 bridgehead atoms. The molecule has 0 spiro atoms. The Hall–Kier alpha value is -3.17. The molecule has 0 aliphatic rings. The fourth-order valence-corrected chi connectivity index (χ4v) is 3.62. The molecule has 27 heavy (non-hydrogen) atoms. The van der Waals surface area contributed by atoms with E-state index in [1.54, 1.807) is 0 Å². The van der Waals surface area contributed by atoms with Crippen LogP contribution in [0.25, 0.3) is 28.0 Å². The molecule has 2 aromatic carbocycles. The second kappa shape index (κ2) is 7.60. The Kier molecular flexibility index (Phi) is 4.86. The Morgan fingerprint density at radius 3 is 2.74 bits per heavy atom. The summed E-state index contributed by atoms with van der Waals surface area (Å²) in [5.74, 6) is 4.79. The summed E-state index contributed by atoms with van der Waals surface area (Å²) in [6.45, 7) is 2.60. The summed E-state index contributed by atoms with van der Waals surface area (Å²) in [7, 11) is 0. The van der Waals surface area contributed by atoms with Crippen LogP contribution in [0.3, 0.4) is 0 Å². The van der Waals surface area contributed by atoms with E-state index in [1.807, 2.05) is 60.2 Å². The van der Waals surface area contributed by atoms with Crippen molar-refractivity contribution in [2.24, 2.45) is 0 Å². The van der Waals surface area contributed by atoms with Gasteiger partial charge in [0.25, 0.3) is 0 Å². The molecule has 4 aromatic rings. The standard InChI is InChI=1S/C21H18N4OS/c1-3-13-27-21-24-23-20(18-14-22-19-8-6-5-7-17(18)19)25(21)15-9-11-16(12-10-15)26-4-2/h1,5-12,14,22H,4,13H2,2H3. The van der Waals surface area contributed by atoms with Gasteiger partial charge in [-0.05, 0) is 37.3 Å². The Morgan fingerprint density at radius 2 is 1.96 bits per heavy atom. The normalized spacial score (nSPS) is 10.8. The number of rotatable bonds is 6. The molecule has 2 aromatic heterocycles. The zero-order valence-corrected chi connectivity index (χ0v) is 15.7. The SMILES string of the molecule is C#CCSc1nnc(-c2c[nH]c3ccccc23)n1-c1ccc(OCC)cc1. The maximum atomic E-state index is 5.56. The van der Waals surface area contributed by atoms with Crippen LogP contribution in [0.5, 0.6) is 5.75 Å². The number of fused-ring (bicyclic) bond motifs is 1. The third kappa shape index (κ3) is 3.29. The predicted octanol–water partition coefficient (Wildman–Crippen LogP) is 4.54. The maximum absolute atomic E-state index is 5.56. The van der Waals surface area contributed by atoms with E-state index in [0.29, 0.717) is 12.4 Å². The zero-order chi connectivity index (χ0) is 18.6. The van der Waals surface area contributed by atoms with Gasteiger partial charge in [-0.15, -0.1) is 16.6 Å². The molecule has 134 valence electrons. The van der Waals surface area contributed by atoms with Crippen LogP contribution in [0, 0.1) is 12.3 Å². The van der Waals surface area contributed by atoms with Crippen LogP contribution in [-0.4, -0.2) is 32.1 Å². The first-order valence-corrected chi connectivity index (χ1v) is 9.61. The van der Waals surface area contributed by atoms with Gasteiger partial charge in [-0.25, -0.2) is 0 Å². The molecule has 0 saturated heterocycles. The number of thioether (sulfide) groups is 1. The van der Waals surface area contributed by atoms with E-state index in [0.717, 1.165) is 38.9 Å². The van der Waals surface area contributed by atoms with Gasteiger partial charge >= 0.3 is 0 Å². The number of para-hydroxylation sites is 1. The summed E-state index contributed by atoms with van der Waals surface area (Å²) in [5, 5.41) is 10.7. The molecule has 0 saturated carbocycles. The van der Waals surface area contributed by atoms with E-state index in [-0.39, 0.29) is 0 Å². The van der Waals surface area contributed by atoms with Crippen molar-refractivity contribution in [1.82, 2.24) is 19.7 Å². The van der Waals surface area contributed by atoms with Crippen LogP contribution in [0.15, 0.2) is 59.9 Å². The number of benzene rings is 2. The number of nitrogens with zero attached hydrogens (tertiary/aromatic N) is 3. The number of aromatic nitrogens is 4. The van der Waals surface area contributed by atoms with E-state index < -0.39 is 0 Å². The third-order valence-corrected chi connectivity index (χ3v) is 4.99. The topological polar surface area (TPSA) is 55.7 Å². The molecule has 0 fully saturated rings. The van der Waals surface area contributed by atoms with Crippen molar-refractivity contribution in [3.8, 4) is 35.2 Å². The average Bonchev–Trinajstić information content (AvgIpc) is 3.31. The first kappa shape index (κ1) is 17.3. The van der Waals surface area contributed by atoms with Gasteiger partial charge in [0.1, 0.15) is 5.75 Å². The average molecular weight is 374 g/mol. The monoisotopic (exact) mass is 374 g/mol. The molecule has 0 aliphatic carbocycles. The van der Waals surface area contributed by atoms with Crippen molar-refractivity contribution in [2.45, 2.75) is 12.1 Å². The Morgan fingerprint density at radius 1 is 1.15 bits per heavy atom. The molecule has 0 aliphatic heterocycles. The number of hydrogen-bond acceptors (Lipinski definition) is 4. The van der Waals surface area contributed by atoms with Crippen LogP contribution in [-0.2, 0) is 0 Å². The van der Waals surface area contributed by atoms with Gasteiger partial charge in [0.15, 0.2) is 11.0 Å². The summed E-state index contributed by atoms with van der Waals surface area (Å²) in [6, 6.07) is 16.1. The molecule has 1 N–H and O–H groups in total. The quantitative estimate of drug-likeness (QED) is 0.398. The third-order valence-electron chi connectivity index (χ3n) is 4.15. The van der Waals surface area contributed by atoms with E-state index in [9.17, 15) is 0 Å². The van der Waals surface area contributed by atoms with Gasteiger partial charge < -0.3 is 9.72 Å². The number of terminal acetylenes is 1. The summed E-state index contributed by atoms with van der Waals surface area (Å²) >= 11 is 1.49. The smallest absolute Gasteiger partial charge is 0.197 e. The van der Waals surface area contributed by atoms with Crippen molar-refractivity contribution in [3.63, 3.8) is 0 Å². The lowest BCUT2D eigenvalue weighted by atomic mass is 10.1. The minimum atomic E-state index is 0.531. The fraction of sp³-hybridized carbons (Fsp3) is 0.143. The van der Waals surface area contributed by atoms with Crippen molar-refractivity contribution >= 4 is 22.7 Å². The van der Waals surface area contributed by atoms with E-state index >= 15 is 0 Å². The highest BCUT2D eigenvalue weighted by atomic mass is 32.2. The summed E-state index contributed by atoms with van der Waals surface area (Å²) in [5.41, 5.74) is 3.02. The number of ether oxygens (including phenoxy) is 1. The first-order valence-electron chi connectivity index (χ1n) is 8.63. The van der Waals surface area contributed by atoms with Crippen molar-refractivity contribution < 1.29 is 4.74 Å². The van der Waals surface area contributed by atoms with Crippen molar-refractivity contribution in [3.05, 3.63) is 54.7 Å². The van der Waals surface area contributed by atoms with Crippen LogP contribution in [0.1, 0.15) is 6.92 Å². The molecular formula is C21H18N4OS. The van der Waals surface area contributed by atoms with Gasteiger partial charge in [-0.2, -0.15) is 0 Å². The highest BCUT2D eigenvalue weighted by molar-refractivity contribution is 7.99. The van der Waals surface area contributed by atoms with Gasteiger partial charge in [0.05, 0.1) is 18.0 Å². The second-order valence-electron chi connectivity index (χ2n) is 5.81. The van der Waals surface area contributed by atoms with Gasteiger partial charge in [0.2, 0.25) is 0 Å². The zero-order valence-electron chi connectivity index (χ0n) is 14.8. The van der Waals surface area contributed by atoms with Gasteiger partial charge in [-0.3, -0.25) is 4.57 Å². The second-order valence-corrected chi connectivity index (χ2v) is 6.75. The summed E-state index contributed by atoms with van der Waals surface area (Å²) in [6.07, 6.45) is 7.41. The fourth-order valence-electron chi connectivity index (χ4n) is 2.99. The van der Waals surface area contributed by atoms with Gasteiger partial charge in [-0.1, -0.05) is 35.9 Å². The molecule has 2 heterocycles. The minimum Gasteiger partial charge on any atom is -0.494 e. The van der Waals surface area contributed by atoms with Gasteiger partial charge in [0, 0.05) is 22.7 Å². The lowest BCUT2D eigenvalue weighted by Crippen LogP contribution is -2.00. The molecule has 0 amide bonds. The Labute approximate surface area is 161 Å². The largest absolute Gasteiger partial charge is 0.494 e. The Bertz CT molecular complexity index is 1110. The lowest BCUT2D eigenvalue weighted by molar-refractivity contribution is 0.340. The van der Waals surface area contributed by atoms with Crippen LogP contribution >= 0.6 is 11.8 Å². The van der Waals surface area contributed by atoms with Crippen LogP contribution in [0.4, 0.5) is 0 Å². The maximum Gasteiger partial charge on any atom is 0.197 e. The molecular weight excluding hydrogens is 356 g/mol. The first-order chi connectivity index (χ1) is 13.3. The minimum absolute atomic E-state index is 0.531.